The highest BCUT2D eigenvalue weighted by Gasteiger charge is 2.31. The Morgan fingerprint density at radius 1 is 1.47 bits per heavy atom. The molecule has 1 fully saturated rings. The molecule has 1 aromatic carbocycles. The lowest BCUT2D eigenvalue weighted by atomic mass is 10.1. The van der Waals surface area contributed by atoms with E-state index in [4.69, 9.17) is 4.74 Å². The van der Waals surface area contributed by atoms with Gasteiger partial charge < -0.3 is 15.0 Å². The van der Waals surface area contributed by atoms with Crippen LogP contribution in [0.3, 0.4) is 0 Å². The molecule has 0 spiro atoms. The van der Waals surface area contributed by atoms with Crippen molar-refractivity contribution in [2.24, 2.45) is 0 Å². The minimum Gasteiger partial charge on any atom is -0.366 e. The third-order valence-corrected chi connectivity index (χ3v) is 3.41. The normalized spacial score (nSPS) is 21.7. The van der Waals surface area contributed by atoms with Crippen LogP contribution in [0.25, 0.3) is 0 Å². The first-order chi connectivity index (χ1) is 8.75. The summed E-state index contributed by atoms with van der Waals surface area (Å²) in [6.45, 7) is 2.45. The fraction of sp³-hybridized carbons (Fsp3) is 0.462. The minimum atomic E-state index is -0.451. The van der Waals surface area contributed by atoms with Gasteiger partial charge in [0.1, 0.15) is 11.9 Å². The third kappa shape index (κ3) is 2.73. The van der Waals surface area contributed by atoms with Gasteiger partial charge in [0.25, 0.3) is 5.91 Å². The van der Waals surface area contributed by atoms with Gasteiger partial charge >= 0.3 is 0 Å². The van der Waals surface area contributed by atoms with E-state index < -0.39 is 6.10 Å². The van der Waals surface area contributed by atoms with E-state index in [1.54, 1.807) is 11.0 Å². The molecule has 3 rings (SSSR count). The molecule has 0 saturated carbocycles. The maximum atomic E-state index is 13.3. The molecule has 2 aliphatic heterocycles. The van der Waals surface area contributed by atoms with E-state index >= 15 is 0 Å². The number of carbonyl (C=O) groups is 1. The smallest absolute Gasteiger partial charge is 0.257 e. The quantitative estimate of drug-likeness (QED) is 0.841. The lowest BCUT2D eigenvalue weighted by Crippen LogP contribution is -2.49. The van der Waals surface area contributed by atoms with Crippen LogP contribution in [0.2, 0.25) is 0 Å². The number of carbonyl (C=O) groups excluding carboxylic acids is 1. The number of nitrogens with one attached hydrogen (secondary N) is 1. The van der Waals surface area contributed by atoms with Gasteiger partial charge in [-0.2, -0.15) is 0 Å². The van der Waals surface area contributed by atoms with Crippen molar-refractivity contribution in [3.8, 4) is 0 Å². The molecule has 1 N–H and O–H groups in total. The first-order valence-electron chi connectivity index (χ1n) is 6.18. The number of morpholine rings is 1. The van der Waals surface area contributed by atoms with E-state index in [0.29, 0.717) is 25.4 Å². The Bertz CT molecular complexity index is 478. The summed E-state index contributed by atoms with van der Waals surface area (Å²) in [5.41, 5.74) is 1.71. The Morgan fingerprint density at radius 2 is 2.32 bits per heavy atom. The van der Waals surface area contributed by atoms with Crippen LogP contribution in [0.5, 0.6) is 0 Å². The maximum absolute atomic E-state index is 13.3. The van der Waals surface area contributed by atoms with Crippen molar-refractivity contribution in [3.05, 3.63) is 29.6 Å². The molecule has 104 valence electrons. The van der Waals surface area contributed by atoms with Crippen LogP contribution >= 0.6 is 12.4 Å². The monoisotopic (exact) mass is 286 g/mol. The van der Waals surface area contributed by atoms with Crippen molar-refractivity contribution in [3.63, 3.8) is 0 Å². The number of hydrogen-bond acceptors (Lipinski definition) is 3. The van der Waals surface area contributed by atoms with E-state index in [0.717, 1.165) is 18.5 Å². The summed E-state index contributed by atoms with van der Waals surface area (Å²) in [5.74, 6) is -0.386. The number of hydrogen-bond donors (Lipinski definition) is 1. The Kier molecular flexibility index (Phi) is 4.39. The van der Waals surface area contributed by atoms with Crippen molar-refractivity contribution < 1.29 is 13.9 Å². The van der Waals surface area contributed by atoms with Crippen LogP contribution in [0.15, 0.2) is 18.2 Å². The molecule has 4 nitrogen and oxygen atoms in total. The van der Waals surface area contributed by atoms with Crippen molar-refractivity contribution >= 4 is 24.0 Å². The number of benzene rings is 1. The summed E-state index contributed by atoms with van der Waals surface area (Å²) in [6.07, 6.45) is 0.328. The molecule has 2 heterocycles. The van der Waals surface area contributed by atoms with Gasteiger partial charge in [-0.15, -0.1) is 12.4 Å². The highest BCUT2D eigenvalue weighted by molar-refractivity contribution is 5.98. The molecule has 1 unspecified atom stereocenters. The summed E-state index contributed by atoms with van der Waals surface area (Å²) in [7, 11) is 0. The van der Waals surface area contributed by atoms with Crippen LogP contribution in [-0.2, 0) is 16.0 Å². The minimum absolute atomic E-state index is 0. The zero-order valence-corrected chi connectivity index (χ0v) is 11.2. The van der Waals surface area contributed by atoms with E-state index in [2.05, 4.69) is 5.32 Å². The van der Waals surface area contributed by atoms with E-state index in [1.165, 1.54) is 12.1 Å². The highest BCUT2D eigenvalue weighted by Crippen LogP contribution is 2.29. The molecule has 19 heavy (non-hydrogen) atoms. The van der Waals surface area contributed by atoms with Gasteiger partial charge in [0.05, 0.1) is 6.61 Å². The predicted octanol–water partition coefficient (Wildman–Crippen LogP) is 1.12. The van der Waals surface area contributed by atoms with Crippen molar-refractivity contribution in [2.45, 2.75) is 12.5 Å². The number of halogens is 2. The fourth-order valence-electron chi connectivity index (χ4n) is 2.48. The number of nitrogens with zero attached hydrogens (tertiary/aromatic N) is 1. The summed E-state index contributed by atoms with van der Waals surface area (Å²) < 4.78 is 18.7. The second kappa shape index (κ2) is 5.86. The van der Waals surface area contributed by atoms with E-state index in [9.17, 15) is 9.18 Å². The Morgan fingerprint density at radius 3 is 3.05 bits per heavy atom. The second-order valence-electron chi connectivity index (χ2n) is 4.58. The number of amides is 1. The average molecular weight is 287 g/mol. The Labute approximate surface area is 117 Å². The molecule has 6 heteroatoms. The van der Waals surface area contributed by atoms with Gasteiger partial charge in [-0.05, 0) is 24.1 Å². The van der Waals surface area contributed by atoms with Gasteiger partial charge in [0, 0.05) is 25.3 Å². The van der Waals surface area contributed by atoms with Crippen molar-refractivity contribution in [1.29, 1.82) is 0 Å². The van der Waals surface area contributed by atoms with Crippen molar-refractivity contribution in [2.75, 3.05) is 31.1 Å². The number of ether oxygens (including phenoxy) is 1. The average Bonchev–Trinajstić information content (AvgIpc) is 2.82. The lowest BCUT2D eigenvalue weighted by molar-refractivity contribution is -0.131. The van der Waals surface area contributed by atoms with Crippen LogP contribution < -0.4 is 10.2 Å². The molecule has 1 aromatic rings. The lowest BCUT2D eigenvalue weighted by Gasteiger charge is -2.27. The number of anilines is 1. The number of fused-ring (bicyclic) bond motifs is 1. The first kappa shape index (κ1) is 14.2. The molecule has 1 atom stereocenters. The maximum Gasteiger partial charge on any atom is 0.257 e. The molecular weight excluding hydrogens is 271 g/mol. The fourth-order valence-corrected chi connectivity index (χ4v) is 2.48. The summed E-state index contributed by atoms with van der Waals surface area (Å²) in [4.78, 5) is 13.9. The molecule has 1 amide bonds. The molecule has 0 radical (unpaired) electrons. The SMILES string of the molecule is Cl.O=C(C1CNCCO1)N1CCc2ccc(F)cc21. The van der Waals surface area contributed by atoms with Crippen LogP contribution in [0.4, 0.5) is 10.1 Å². The second-order valence-corrected chi connectivity index (χ2v) is 4.58. The standard InChI is InChI=1S/C13H15FN2O2.ClH/c14-10-2-1-9-3-5-16(11(9)7-10)13(17)12-8-15-4-6-18-12;/h1-2,7,12,15H,3-6,8H2;1H. The van der Waals surface area contributed by atoms with Crippen LogP contribution in [0, 0.1) is 5.82 Å². The first-order valence-corrected chi connectivity index (χ1v) is 6.18. The topological polar surface area (TPSA) is 41.6 Å². The van der Waals surface area contributed by atoms with Gasteiger partial charge in [-0.1, -0.05) is 6.07 Å². The van der Waals surface area contributed by atoms with E-state index in [-0.39, 0.29) is 24.1 Å². The molecule has 0 aromatic heterocycles. The summed E-state index contributed by atoms with van der Waals surface area (Å²) >= 11 is 0. The van der Waals surface area contributed by atoms with Crippen molar-refractivity contribution in [1.82, 2.24) is 5.32 Å². The zero-order valence-electron chi connectivity index (χ0n) is 10.4. The van der Waals surface area contributed by atoms with Gasteiger partial charge in [-0.25, -0.2) is 4.39 Å². The van der Waals surface area contributed by atoms with Gasteiger partial charge in [-0.3, -0.25) is 4.79 Å². The molecule has 2 aliphatic rings. The van der Waals surface area contributed by atoms with Gasteiger partial charge in [0.2, 0.25) is 0 Å². The van der Waals surface area contributed by atoms with E-state index in [1.807, 2.05) is 0 Å². The van der Waals surface area contributed by atoms with Crippen LogP contribution in [-0.4, -0.2) is 38.3 Å². The largest absolute Gasteiger partial charge is 0.366 e. The Balaban J connectivity index is 0.00000133. The predicted molar refractivity (Wildman–Crippen MR) is 72.3 cm³/mol. The zero-order chi connectivity index (χ0) is 12.5. The summed E-state index contributed by atoms with van der Waals surface area (Å²) in [5, 5.41) is 3.13. The Hall–Kier alpha value is -1.17. The summed E-state index contributed by atoms with van der Waals surface area (Å²) in [6, 6.07) is 4.61. The molecule has 0 bridgehead atoms. The molecule has 1 saturated heterocycles. The molecule has 0 aliphatic carbocycles. The highest BCUT2D eigenvalue weighted by atomic mass is 35.5. The number of rotatable bonds is 1. The third-order valence-electron chi connectivity index (χ3n) is 3.41. The molecular formula is C13H16ClFN2O2. The van der Waals surface area contributed by atoms with Crippen LogP contribution in [0.1, 0.15) is 5.56 Å². The van der Waals surface area contributed by atoms with Gasteiger partial charge in [0.15, 0.2) is 0 Å².